The molecule has 1 aliphatic carbocycles. The lowest BCUT2D eigenvalue weighted by atomic mass is 10.1. The minimum absolute atomic E-state index is 0.125. The molecule has 2 heterocycles. The molecular formula is C25H24FN3O6. The molecule has 35 heavy (non-hydrogen) atoms. The maximum Gasteiger partial charge on any atom is 0.267 e. The molecule has 2 N–H and O–H groups in total. The van der Waals surface area contributed by atoms with Gasteiger partial charge in [-0.1, -0.05) is 11.2 Å². The molecule has 2 aromatic carbocycles. The number of nitrogens with one attached hydrogen (secondary N) is 1. The molecule has 5 rings (SSSR count). The summed E-state index contributed by atoms with van der Waals surface area (Å²) in [7, 11) is 0. The van der Waals surface area contributed by atoms with Crippen LogP contribution in [0.2, 0.25) is 0 Å². The molecule has 1 amide bonds. The third-order valence-corrected chi connectivity index (χ3v) is 6.03. The molecule has 0 bridgehead atoms. The molecule has 2 aliphatic rings. The molecule has 0 radical (unpaired) electrons. The number of carbonyl (C=O) groups is 2. The minimum Gasteiger partial charge on any atom is -0.481 e. The van der Waals surface area contributed by atoms with Gasteiger partial charge in [-0.2, -0.15) is 4.98 Å². The van der Waals surface area contributed by atoms with Crippen molar-refractivity contribution in [3.8, 4) is 17.1 Å². The molecule has 1 saturated heterocycles. The SMILES string of the molecule is C[C@@H](Oc1ccc(C(=O)C2CC2)cc1)c1nc(-c2ccc(C(=O)N[C@@H]3COC[C@@H]3O)c(F)c2)no1. The van der Waals surface area contributed by atoms with Crippen molar-refractivity contribution >= 4 is 11.7 Å². The second kappa shape index (κ2) is 9.55. The monoisotopic (exact) mass is 481 g/mol. The number of aliphatic hydroxyl groups is 1. The van der Waals surface area contributed by atoms with Crippen LogP contribution in [0.5, 0.6) is 5.75 Å². The average Bonchev–Trinajstić information content (AvgIpc) is 3.44. The van der Waals surface area contributed by atoms with E-state index in [2.05, 4.69) is 15.5 Å². The smallest absolute Gasteiger partial charge is 0.267 e. The zero-order valence-electron chi connectivity index (χ0n) is 18.9. The van der Waals surface area contributed by atoms with Crippen LogP contribution < -0.4 is 10.1 Å². The Morgan fingerprint density at radius 3 is 2.60 bits per heavy atom. The summed E-state index contributed by atoms with van der Waals surface area (Å²) in [5.41, 5.74) is 0.824. The standard InChI is InChI=1S/C25H24FN3O6/c1-13(34-17-7-4-15(5-8-17)22(31)14-2-3-14)25-28-23(29-35-25)16-6-9-18(19(26)10-16)24(32)27-20-11-33-12-21(20)30/h4-10,13-14,20-21,30H,2-3,11-12H2,1H3,(H,27,32)/t13-,20-,21+/m1/s1. The van der Waals surface area contributed by atoms with Crippen LogP contribution in [0, 0.1) is 11.7 Å². The zero-order chi connectivity index (χ0) is 24.5. The highest BCUT2D eigenvalue weighted by atomic mass is 19.1. The summed E-state index contributed by atoms with van der Waals surface area (Å²) in [4.78, 5) is 28.8. The van der Waals surface area contributed by atoms with Gasteiger partial charge < -0.3 is 24.4 Å². The quantitative estimate of drug-likeness (QED) is 0.471. The number of ether oxygens (including phenoxy) is 2. The molecule has 1 aromatic heterocycles. The van der Waals surface area contributed by atoms with Gasteiger partial charge >= 0.3 is 0 Å². The van der Waals surface area contributed by atoms with E-state index in [1.165, 1.54) is 12.1 Å². The third kappa shape index (κ3) is 5.08. The lowest BCUT2D eigenvalue weighted by Crippen LogP contribution is -2.42. The van der Waals surface area contributed by atoms with Gasteiger partial charge in [-0.15, -0.1) is 0 Å². The van der Waals surface area contributed by atoms with E-state index in [1.54, 1.807) is 31.2 Å². The molecule has 1 saturated carbocycles. The average molecular weight is 481 g/mol. The number of carbonyl (C=O) groups excluding carboxylic acids is 2. The van der Waals surface area contributed by atoms with E-state index in [4.69, 9.17) is 14.0 Å². The number of hydrogen-bond acceptors (Lipinski definition) is 8. The number of nitrogens with zero attached hydrogens (tertiary/aromatic N) is 2. The van der Waals surface area contributed by atoms with Gasteiger partial charge in [0.1, 0.15) is 11.6 Å². The van der Waals surface area contributed by atoms with Crippen LogP contribution in [0.1, 0.15) is 52.5 Å². The van der Waals surface area contributed by atoms with Crippen LogP contribution >= 0.6 is 0 Å². The van der Waals surface area contributed by atoms with Crippen molar-refractivity contribution in [2.45, 2.75) is 38.0 Å². The predicted octanol–water partition coefficient (Wildman–Crippen LogP) is 3.10. The molecule has 1 aliphatic heterocycles. The van der Waals surface area contributed by atoms with Crippen molar-refractivity contribution in [2.75, 3.05) is 13.2 Å². The molecule has 9 nitrogen and oxygen atoms in total. The maximum atomic E-state index is 14.7. The summed E-state index contributed by atoms with van der Waals surface area (Å²) in [5, 5.41) is 16.2. The van der Waals surface area contributed by atoms with Gasteiger partial charge in [0.25, 0.3) is 11.8 Å². The van der Waals surface area contributed by atoms with E-state index < -0.39 is 30.0 Å². The van der Waals surface area contributed by atoms with Crippen LogP contribution in [0.25, 0.3) is 11.4 Å². The van der Waals surface area contributed by atoms with E-state index in [0.29, 0.717) is 16.9 Å². The number of ketones is 1. The van der Waals surface area contributed by atoms with E-state index in [9.17, 15) is 19.1 Å². The topological polar surface area (TPSA) is 124 Å². The second-order valence-corrected chi connectivity index (χ2v) is 8.76. The molecule has 3 aromatic rings. The van der Waals surface area contributed by atoms with Gasteiger partial charge in [0.15, 0.2) is 11.9 Å². The summed E-state index contributed by atoms with van der Waals surface area (Å²) in [6.45, 7) is 2.02. The Hall–Kier alpha value is -3.63. The first-order chi connectivity index (χ1) is 16.9. The van der Waals surface area contributed by atoms with Crippen molar-refractivity contribution in [3.63, 3.8) is 0 Å². The number of aliphatic hydroxyl groups excluding tert-OH is 1. The number of aromatic nitrogens is 2. The Bertz CT molecular complexity index is 1240. The first-order valence-corrected chi connectivity index (χ1v) is 11.4. The first-order valence-electron chi connectivity index (χ1n) is 11.4. The molecule has 10 heteroatoms. The summed E-state index contributed by atoms with van der Waals surface area (Å²) in [5.74, 6) is -0.215. The van der Waals surface area contributed by atoms with Gasteiger partial charge in [0.2, 0.25) is 5.82 Å². The van der Waals surface area contributed by atoms with Crippen molar-refractivity contribution in [1.29, 1.82) is 0 Å². The van der Waals surface area contributed by atoms with Crippen molar-refractivity contribution in [2.24, 2.45) is 5.92 Å². The van der Waals surface area contributed by atoms with Crippen LogP contribution in [-0.2, 0) is 4.74 Å². The Labute approximate surface area is 200 Å². The fourth-order valence-electron chi connectivity index (χ4n) is 3.82. The fourth-order valence-corrected chi connectivity index (χ4v) is 3.82. The fraction of sp³-hybridized carbons (Fsp3) is 0.360. The van der Waals surface area contributed by atoms with E-state index in [1.807, 2.05) is 0 Å². The summed E-state index contributed by atoms with van der Waals surface area (Å²) < 4.78 is 30.9. The van der Waals surface area contributed by atoms with E-state index in [-0.39, 0.29) is 42.2 Å². The maximum absolute atomic E-state index is 14.7. The number of Topliss-reactive ketones (excluding diaryl/α,β-unsaturated/α-hetero) is 1. The lowest BCUT2D eigenvalue weighted by molar-refractivity contribution is 0.0882. The predicted molar refractivity (Wildman–Crippen MR) is 120 cm³/mol. The summed E-state index contributed by atoms with van der Waals surface area (Å²) in [6.07, 6.45) is 0.489. The third-order valence-electron chi connectivity index (χ3n) is 6.03. The van der Waals surface area contributed by atoms with Crippen LogP contribution in [0.4, 0.5) is 4.39 Å². The lowest BCUT2D eigenvalue weighted by Gasteiger charge is -2.14. The Morgan fingerprint density at radius 2 is 1.94 bits per heavy atom. The summed E-state index contributed by atoms with van der Waals surface area (Å²) in [6, 6.07) is 10.3. The zero-order valence-corrected chi connectivity index (χ0v) is 18.9. The molecule has 3 atom stereocenters. The van der Waals surface area contributed by atoms with Crippen molar-refractivity contribution in [3.05, 3.63) is 65.3 Å². The molecule has 182 valence electrons. The second-order valence-electron chi connectivity index (χ2n) is 8.76. The number of halogens is 1. The molecule has 0 unspecified atom stereocenters. The van der Waals surface area contributed by atoms with Gasteiger partial charge in [-0.25, -0.2) is 4.39 Å². The number of benzene rings is 2. The van der Waals surface area contributed by atoms with Gasteiger partial charge in [0.05, 0.1) is 30.9 Å². The highest BCUT2D eigenvalue weighted by molar-refractivity contribution is 5.99. The minimum atomic E-state index is -0.827. The molecule has 2 fully saturated rings. The largest absolute Gasteiger partial charge is 0.481 e. The van der Waals surface area contributed by atoms with E-state index >= 15 is 0 Å². The van der Waals surface area contributed by atoms with Crippen LogP contribution in [-0.4, -0.2) is 52.3 Å². The number of hydrogen-bond donors (Lipinski definition) is 2. The van der Waals surface area contributed by atoms with E-state index in [0.717, 1.165) is 18.9 Å². The first kappa shape index (κ1) is 23.1. The Morgan fingerprint density at radius 1 is 1.17 bits per heavy atom. The van der Waals surface area contributed by atoms with Gasteiger partial charge in [0, 0.05) is 17.0 Å². The highest BCUT2D eigenvalue weighted by Gasteiger charge is 2.30. The van der Waals surface area contributed by atoms with Gasteiger partial charge in [-0.3, -0.25) is 9.59 Å². The Kier molecular flexibility index (Phi) is 6.31. The van der Waals surface area contributed by atoms with Crippen molar-refractivity contribution < 1.29 is 33.1 Å². The number of rotatable bonds is 8. The van der Waals surface area contributed by atoms with Crippen LogP contribution in [0.3, 0.4) is 0 Å². The summed E-state index contributed by atoms with van der Waals surface area (Å²) >= 11 is 0. The normalized spacial score (nSPS) is 20.4. The Balaban J connectivity index is 1.23. The van der Waals surface area contributed by atoms with Gasteiger partial charge in [-0.05, 0) is 56.2 Å². The van der Waals surface area contributed by atoms with Crippen LogP contribution in [0.15, 0.2) is 47.0 Å². The molecule has 0 spiro atoms. The highest BCUT2D eigenvalue weighted by Crippen LogP contribution is 2.33. The van der Waals surface area contributed by atoms with Crippen molar-refractivity contribution in [1.82, 2.24) is 15.5 Å². The number of amides is 1. The molecular weight excluding hydrogens is 457 g/mol.